The van der Waals surface area contributed by atoms with Crippen LogP contribution in [-0.4, -0.2) is 35.4 Å². The number of aryl methyl sites for hydroxylation is 3. The summed E-state index contributed by atoms with van der Waals surface area (Å²) < 4.78 is 6.10. The van der Waals surface area contributed by atoms with Gasteiger partial charge in [0.1, 0.15) is 5.75 Å². The third kappa shape index (κ3) is 6.91. The summed E-state index contributed by atoms with van der Waals surface area (Å²) in [6, 6.07) is 6.33. The van der Waals surface area contributed by atoms with Gasteiger partial charge >= 0.3 is 0 Å². The average Bonchev–Trinajstić information content (AvgIpc) is 3.09. The van der Waals surface area contributed by atoms with Gasteiger partial charge in [0.2, 0.25) is 0 Å². The Kier molecular flexibility index (Phi) is 8.85. The van der Waals surface area contributed by atoms with Gasteiger partial charge in [0.25, 0.3) is 0 Å². The van der Waals surface area contributed by atoms with Crippen LogP contribution in [0.4, 0.5) is 0 Å². The first-order chi connectivity index (χ1) is 13.5. The lowest BCUT2D eigenvalue weighted by Crippen LogP contribution is -2.37. The lowest BCUT2D eigenvalue weighted by Gasteiger charge is -2.17. The molecule has 6 heteroatoms. The number of benzene rings is 1. The molecule has 1 unspecified atom stereocenters. The van der Waals surface area contributed by atoms with E-state index < -0.39 is 0 Å². The van der Waals surface area contributed by atoms with Crippen molar-refractivity contribution in [2.45, 2.75) is 66.5 Å². The van der Waals surface area contributed by atoms with Crippen LogP contribution in [0.25, 0.3) is 0 Å². The molecule has 0 saturated carbocycles. The van der Waals surface area contributed by atoms with Gasteiger partial charge in [-0.1, -0.05) is 19.1 Å². The molecule has 0 fully saturated rings. The molecule has 28 heavy (non-hydrogen) atoms. The van der Waals surface area contributed by atoms with E-state index in [0.717, 1.165) is 55.3 Å². The molecule has 3 N–H and O–H groups in total. The van der Waals surface area contributed by atoms with E-state index in [1.165, 1.54) is 11.1 Å². The van der Waals surface area contributed by atoms with Crippen LogP contribution < -0.4 is 15.4 Å². The Hall–Kier alpha value is -2.50. The maximum atomic E-state index is 6.10. The number of nitrogens with zero attached hydrogens (tertiary/aromatic N) is 2. The minimum Gasteiger partial charge on any atom is -0.490 e. The number of aliphatic imine (C=N–C) groups is 1. The van der Waals surface area contributed by atoms with Crippen LogP contribution in [0, 0.1) is 13.8 Å². The fraction of sp³-hybridized carbons (Fsp3) is 0.545. The van der Waals surface area contributed by atoms with Crippen molar-refractivity contribution in [3.05, 3.63) is 46.8 Å². The van der Waals surface area contributed by atoms with E-state index in [-0.39, 0.29) is 6.10 Å². The highest BCUT2D eigenvalue weighted by molar-refractivity contribution is 5.79. The molecule has 154 valence electrons. The van der Waals surface area contributed by atoms with E-state index in [0.29, 0.717) is 6.54 Å². The number of hydrogen-bond donors (Lipinski definition) is 3. The quantitative estimate of drug-likeness (QED) is 0.329. The summed E-state index contributed by atoms with van der Waals surface area (Å²) in [5, 5.41) is 13.8. The first kappa shape index (κ1) is 21.8. The van der Waals surface area contributed by atoms with Crippen molar-refractivity contribution in [2.24, 2.45) is 4.99 Å². The SMILES string of the molecule is CCNC(=NCc1ccc(C)cc1OC(C)CC)NCCCc1cn[nH]c1C. The smallest absolute Gasteiger partial charge is 0.191 e. The van der Waals surface area contributed by atoms with Crippen molar-refractivity contribution in [3.8, 4) is 5.75 Å². The first-order valence-corrected chi connectivity index (χ1v) is 10.3. The predicted octanol–water partition coefficient (Wildman–Crippen LogP) is 3.89. The van der Waals surface area contributed by atoms with Gasteiger partial charge in [-0.15, -0.1) is 0 Å². The maximum Gasteiger partial charge on any atom is 0.191 e. The van der Waals surface area contributed by atoms with Gasteiger partial charge in [0, 0.05) is 24.3 Å². The summed E-state index contributed by atoms with van der Waals surface area (Å²) in [5.41, 5.74) is 4.73. The average molecular weight is 386 g/mol. The van der Waals surface area contributed by atoms with E-state index >= 15 is 0 Å². The van der Waals surface area contributed by atoms with E-state index in [9.17, 15) is 0 Å². The Balaban J connectivity index is 1.95. The normalized spacial score (nSPS) is 12.7. The van der Waals surface area contributed by atoms with Gasteiger partial charge in [-0.3, -0.25) is 5.10 Å². The topological polar surface area (TPSA) is 74.3 Å². The maximum absolute atomic E-state index is 6.10. The molecule has 1 aromatic carbocycles. The Labute approximate surface area is 169 Å². The van der Waals surface area contributed by atoms with Gasteiger partial charge in [0.15, 0.2) is 5.96 Å². The summed E-state index contributed by atoms with van der Waals surface area (Å²) in [6.45, 7) is 12.7. The second-order valence-corrected chi connectivity index (χ2v) is 7.19. The minimum absolute atomic E-state index is 0.197. The highest BCUT2D eigenvalue weighted by Gasteiger charge is 2.08. The van der Waals surface area contributed by atoms with Crippen LogP contribution >= 0.6 is 0 Å². The Bertz CT molecular complexity index is 753. The summed E-state index contributed by atoms with van der Waals surface area (Å²) in [4.78, 5) is 4.76. The van der Waals surface area contributed by atoms with Gasteiger partial charge in [-0.25, -0.2) is 4.99 Å². The zero-order valence-corrected chi connectivity index (χ0v) is 17.9. The summed E-state index contributed by atoms with van der Waals surface area (Å²) in [5.74, 6) is 1.77. The van der Waals surface area contributed by atoms with Crippen molar-refractivity contribution in [3.63, 3.8) is 0 Å². The van der Waals surface area contributed by atoms with E-state index in [4.69, 9.17) is 9.73 Å². The summed E-state index contributed by atoms with van der Waals surface area (Å²) >= 11 is 0. The van der Waals surface area contributed by atoms with Crippen LogP contribution in [0.1, 0.15) is 56.0 Å². The molecular weight excluding hydrogens is 350 g/mol. The van der Waals surface area contributed by atoms with Crippen molar-refractivity contribution in [1.29, 1.82) is 0 Å². The van der Waals surface area contributed by atoms with Gasteiger partial charge < -0.3 is 15.4 Å². The van der Waals surface area contributed by atoms with Crippen molar-refractivity contribution >= 4 is 5.96 Å². The molecule has 1 atom stereocenters. The molecule has 6 nitrogen and oxygen atoms in total. The number of guanidine groups is 1. The molecule has 0 bridgehead atoms. The van der Waals surface area contributed by atoms with Gasteiger partial charge in [-0.05, 0) is 64.2 Å². The predicted molar refractivity (Wildman–Crippen MR) is 116 cm³/mol. The number of aromatic amines is 1. The van der Waals surface area contributed by atoms with Crippen LogP contribution in [0.15, 0.2) is 29.4 Å². The molecule has 0 spiro atoms. The zero-order chi connectivity index (χ0) is 20.4. The molecule has 1 aromatic heterocycles. The first-order valence-electron chi connectivity index (χ1n) is 10.3. The van der Waals surface area contributed by atoms with Crippen LogP contribution in [0.5, 0.6) is 5.75 Å². The number of ether oxygens (including phenoxy) is 1. The zero-order valence-electron chi connectivity index (χ0n) is 17.9. The Morgan fingerprint density at radius 3 is 2.71 bits per heavy atom. The standard InChI is InChI=1S/C22H35N5O/c1-6-17(4)28-21-13-16(3)10-11-20(21)14-25-22(23-7-2)24-12-8-9-19-15-26-27-18(19)5/h10-11,13,15,17H,6-9,12,14H2,1-5H3,(H,26,27)(H2,23,24,25). The van der Waals surface area contributed by atoms with E-state index in [2.05, 4.69) is 73.6 Å². The second-order valence-electron chi connectivity index (χ2n) is 7.19. The highest BCUT2D eigenvalue weighted by Crippen LogP contribution is 2.23. The van der Waals surface area contributed by atoms with Crippen LogP contribution in [0.3, 0.4) is 0 Å². The van der Waals surface area contributed by atoms with E-state index in [1.54, 1.807) is 0 Å². The molecule has 0 radical (unpaired) electrons. The number of H-pyrrole nitrogens is 1. The number of rotatable bonds is 10. The summed E-state index contributed by atoms with van der Waals surface area (Å²) in [6.07, 6.45) is 5.11. The summed E-state index contributed by atoms with van der Waals surface area (Å²) in [7, 11) is 0. The molecule has 0 aliphatic carbocycles. The van der Waals surface area contributed by atoms with Crippen molar-refractivity contribution in [1.82, 2.24) is 20.8 Å². The molecule has 0 aliphatic rings. The Morgan fingerprint density at radius 2 is 2.04 bits per heavy atom. The Morgan fingerprint density at radius 1 is 1.21 bits per heavy atom. The van der Waals surface area contributed by atoms with Crippen molar-refractivity contribution in [2.75, 3.05) is 13.1 Å². The number of nitrogens with one attached hydrogen (secondary N) is 3. The molecule has 2 rings (SSSR count). The highest BCUT2D eigenvalue weighted by atomic mass is 16.5. The molecular formula is C22H35N5O. The third-order valence-corrected chi connectivity index (χ3v) is 4.73. The fourth-order valence-corrected chi connectivity index (χ4v) is 2.82. The number of aromatic nitrogens is 2. The lowest BCUT2D eigenvalue weighted by atomic mass is 10.1. The number of hydrogen-bond acceptors (Lipinski definition) is 3. The molecule has 0 aliphatic heterocycles. The lowest BCUT2D eigenvalue weighted by molar-refractivity contribution is 0.215. The minimum atomic E-state index is 0.197. The molecule has 0 amide bonds. The van der Waals surface area contributed by atoms with Crippen molar-refractivity contribution < 1.29 is 4.74 Å². The van der Waals surface area contributed by atoms with Crippen LogP contribution in [0.2, 0.25) is 0 Å². The van der Waals surface area contributed by atoms with E-state index in [1.807, 2.05) is 6.20 Å². The largest absolute Gasteiger partial charge is 0.490 e. The van der Waals surface area contributed by atoms with Gasteiger partial charge in [-0.2, -0.15) is 5.10 Å². The molecule has 0 saturated heterocycles. The molecule has 1 heterocycles. The monoisotopic (exact) mass is 385 g/mol. The molecule has 2 aromatic rings. The van der Waals surface area contributed by atoms with Gasteiger partial charge in [0.05, 0.1) is 18.8 Å². The van der Waals surface area contributed by atoms with Crippen LogP contribution in [-0.2, 0) is 13.0 Å². The third-order valence-electron chi connectivity index (χ3n) is 4.73. The fourth-order valence-electron chi connectivity index (χ4n) is 2.82. The second kappa shape index (κ2) is 11.4.